The zero-order valence-corrected chi connectivity index (χ0v) is 12.9. The van der Waals surface area contributed by atoms with Crippen LogP contribution in [-0.4, -0.2) is 14.2 Å². The standard InChI is InChI=1S/C18H23NO2/c1-4-18(15-8-10-16(20-2)11-9-15)19-13-14-6-5-7-17(12-14)21-3/h5-12,18-19H,4,13H2,1-3H3. The summed E-state index contributed by atoms with van der Waals surface area (Å²) >= 11 is 0. The van der Waals surface area contributed by atoms with Crippen LogP contribution in [0.4, 0.5) is 0 Å². The van der Waals surface area contributed by atoms with Crippen LogP contribution in [0.25, 0.3) is 0 Å². The predicted octanol–water partition coefficient (Wildman–Crippen LogP) is 3.94. The van der Waals surface area contributed by atoms with E-state index in [0.717, 1.165) is 24.5 Å². The van der Waals surface area contributed by atoms with Gasteiger partial charge in [0.05, 0.1) is 14.2 Å². The van der Waals surface area contributed by atoms with Gasteiger partial charge in [0.2, 0.25) is 0 Å². The third kappa shape index (κ3) is 4.23. The Morgan fingerprint density at radius 2 is 1.67 bits per heavy atom. The number of nitrogens with one attached hydrogen (secondary N) is 1. The number of ether oxygens (including phenoxy) is 2. The smallest absolute Gasteiger partial charge is 0.119 e. The first-order valence-corrected chi connectivity index (χ1v) is 7.27. The van der Waals surface area contributed by atoms with E-state index in [1.54, 1.807) is 14.2 Å². The molecular formula is C18H23NO2. The predicted molar refractivity (Wildman–Crippen MR) is 85.9 cm³/mol. The van der Waals surface area contributed by atoms with Gasteiger partial charge in [-0.15, -0.1) is 0 Å². The van der Waals surface area contributed by atoms with Crippen LogP contribution in [0.15, 0.2) is 48.5 Å². The number of hydrogen-bond acceptors (Lipinski definition) is 3. The molecule has 1 atom stereocenters. The largest absolute Gasteiger partial charge is 0.497 e. The average Bonchev–Trinajstić information content (AvgIpc) is 2.56. The van der Waals surface area contributed by atoms with Crippen LogP contribution in [0.3, 0.4) is 0 Å². The Morgan fingerprint density at radius 1 is 0.952 bits per heavy atom. The Balaban J connectivity index is 2.01. The van der Waals surface area contributed by atoms with Crippen LogP contribution in [0, 0.1) is 0 Å². The minimum atomic E-state index is 0.335. The van der Waals surface area contributed by atoms with E-state index in [9.17, 15) is 0 Å². The van der Waals surface area contributed by atoms with E-state index in [2.05, 4.69) is 36.5 Å². The van der Waals surface area contributed by atoms with Crippen LogP contribution in [-0.2, 0) is 6.54 Å². The maximum Gasteiger partial charge on any atom is 0.119 e. The monoisotopic (exact) mass is 285 g/mol. The van der Waals surface area contributed by atoms with Crippen LogP contribution in [0.1, 0.15) is 30.5 Å². The first kappa shape index (κ1) is 15.4. The van der Waals surface area contributed by atoms with Gasteiger partial charge in [0.15, 0.2) is 0 Å². The number of methoxy groups -OCH3 is 2. The Labute approximate surface area is 126 Å². The molecule has 21 heavy (non-hydrogen) atoms. The fraction of sp³-hybridized carbons (Fsp3) is 0.333. The third-order valence-electron chi connectivity index (χ3n) is 3.61. The Kier molecular flexibility index (Phi) is 5.64. The summed E-state index contributed by atoms with van der Waals surface area (Å²) in [7, 11) is 3.38. The van der Waals surface area contributed by atoms with Crippen molar-refractivity contribution in [3.63, 3.8) is 0 Å². The zero-order chi connectivity index (χ0) is 15.1. The lowest BCUT2D eigenvalue weighted by atomic mass is 10.0. The van der Waals surface area contributed by atoms with Gasteiger partial charge >= 0.3 is 0 Å². The summed E-state index contributed by atoms with van der Waals surface area (Å²) in [4.78, 5) is 0. The molecule has 2 rings (SSSR count). The van der Waals surface area contributed by atoms with Gasteiger partial charge in [-0.2, -0.15) is 0 Å². The fourth-order valence-electron chi connectivity index (χ4n) is 2.36. The highest BCUT2D eigenvalue weighted by atomic mass is 16.5. The lowest BCUT2D eigenvalue weighted by molar-refractivity contribution is 0.413. The Hall–Kier alpha value is -2.00. The molecule has 3 nitrogen and oxygen atoms in total. The average molecular weight is 285 g/mol. The summed E-state index contributed by atoms with van der Waals surface area (Å²) in [6, 6.07) is 16.7. The van der Waals surface area contributed by atoms with Crippen molar-refractivity contribution in [1.82, 2.24) is 5.32 Å². The van der Waals surface area contributed by atoms with E-state index in [1.807, 2.05) is 24.3 Å². The Bertz CT molecular complexity index is 551. The second-order valence-electron chi connectivity index (χ2n) is 4.97. The summed E-state index contributed by atoms with van der Waals surface area (Å²) in [6.07, 6.45) is 1.04. The molecule has 0 heterocycles. The lowest BCUT2D eigenvalue weighted by Gasteiger charge is -2.18. The summed E-state index contributed by atoms with van der Waals surface area (Å²) in [6.45, 7) is 3.01. The molecule has 0 aromatic heterocycles. The third-order valence-corrected chi connectivity index (χ3v) is 3.61. The summed E-state index contributed by atoms with van der Waals surface area (Å²) in [5.74, 6) is 1.79. The first-order valence-electron chi connectivity index (χ1n) is 7.27. The minimum Gasteiger partial charge on any atom is -0.497 e. The van der Waals surface area contributed by atoms with Crippen molar-refractivity contribution >= 4 is 0 Å². The van der Waals surface area contributed by atoms with Gasteiger partial charge in [-0.05, 0) is 41.8 Å². The van der Waals surface area contributed by atoms with E-state index >= 15 is 0 Å². The van der Waals surface area contributed by atoms with Gasteiger partial charge in [0, 0.05) is 12.6 Å². The highest BCUT2D eigenvalue weighted by Gasteiger charge is 2.09. The molecule has 0 saturated heterocycles. The first-order chi connectivity index (χ1) is 10.3. The molecule has 1 unspecified atom stereocenters. The van der Waals surface area contributed by atoms with Crippen LogP contribution in [0.5, 0.6) is 11.5 Å². The second kappa shape index (κ2) is 7.70. The molecule has 2 aromatic carbocycles. The molecule has 0 aliphatic heterocycles. The topological polar surface area (TPSA) is 30.5 Å². The van der Waals surface area contributed by atoms with E-state index < -0.39 is 0 Å². The van der Waals surface area contributed by atoms with Crippen molar-refractivity contribution in [2.45, 2.75) is 25.9 Å². The van der Waals surface area contributed by atoms with E-state index in [-0.39, 0.29) is 0 Å². The van der Waals surface area contributed by atoms with Crippen molar-refractivity contribution in [3.05, 3.63) is 59.7 Å². The van der Waals surface area contributed by atoms with E-state index in [4.69, 9.17) is 9.47 Å². The molecule has 0 saturated carbocycles. The van der Waals surface area contributed by atoms with E-state index in [0.29, 0.717) is 6.04 Å². The van der Waals surface area contributed by atoms with Crippen molar-refractivity contribution in [3.8, 4) is 11.5 Å². The molecule has 0 aliphatic carbocycles. The minimum absolute atomic E-state index is 0.335. The highest BCUT2D eigenvalue weighted by molar-refractivity contribution is 5.30. The van der Waals surface area contributed by atoms with Crippen LogP contribution >= 0.6 is 0 Å². The molecule has 0 amide bonds. The molecule has 112 valence electrons. The second-order valence-corrected chi connectivity index (χ2v) is 4.97. The highest BCUT2D eigenvalue weighted by Crippen LogP contribution is 2.21. The van der Waals surface area contributed by atoms with Crippen molar-refractivity contribution < 1.29 is 9.47 Å². The SMILES string of the molecule is CCC(NCc1cccc(OC)c1)c1ccc(OC)cc1. The maximum atomic E-state index is 5.26. The molecule has 1 N–H and O–H groups in total. The number of benzene rings is 2. The summed E-state index contributed by atoms with van der Waals surface area (Å²) in [5, 5.41) is 3.59. The Morgan fingerprint density at radius 3 is 2.29 bits per heavy atom. The number of rotatable bonds is 7. The molecule has 0 bridgehead atoms. The molecular weight excluding hydrogens is 262 g/mol. The molecule has 3 heteroatoms. The molecule has 0 radical (unpaired) electrons. The fourth-order valence-corrected chi connectivity index (χ4v) is 2.36. The van der Waals surface area contributed by atoms with Crippen molar-refractivity contribution in [2.75, 3.05) is 14.2 Å². The van der Waals surface area contributed by atoms with Gasteiger partial charge < -0.3 is 14.8 Å². The van der Waals surface area contributed by atoms with Gasteiger partial charge in [-0.25, -0.2) is 0 Å². The zero-order valence-electron chi connectivity index (χ0n) is 12.9. The van der Waals surface area contributed by atoms with Gasteiger partial charge in [-0.3, -0.25) is 0 Å². The van der Waals surface area contributed by atoms with Crippen molar-refractivity contribution in [2.24, 2.45) is 0 Å². The van der Waals surface area contributed by atoms with Crippen LogP contribution in [0.2, 0.25) is 0 Å². The molecule has 2 aromatic rings. The maximum absolute atomic E-state index is 5.26. The summed E-state index contributed by atoms with van der Waals surface area (Å²) < 4.78 is 10.5. The van der Waals surface area contributed by atoms with Gasteiger partial charge in [0.1, 0.15) is 11.5 Å². The van der Waals surface area contributed by atoms with Gasteiger partial charge in [-0.1, -0.05) is 31.2 Å². The van der Waals surface area contributed by atoms with E-state index in [1.165, 1.54) is 11.1 Å². The quantitative estimate of drug-likeness (QED) is 0.835. The molecule has 0 aliphatic rings. The molecule has 0 fully saturated rings. The van der Waals surface area contributed by atoms with Crippen LogP contribution < -0.4 is 14.8 Å². The lowest BCUT2D eigenvalue weighted by Crippen LogP contribution is -2.20. The normalized spacial score (nSPS) is 12.0. The molecule has 0 spiro atoms. The summed E-state index contributed by atoms with van der Waals surface area (Å²) in [5.41, 5.74) is 2.50. The van der Waals surface area contributed by atoms with Gasteiger partial charge in [0.25, 0.3) is 0 Å². The number of hydrogen-bond donors (Lipinski definition) is 1. The van der Waals surface area contributed by atoms with Crippen molar-refractivity contribution in [1.29, 1.82) is 0 Å².